The van der Waals surface area contributed by atoms with E-state index in [2.05, 4.69) is 121 Å². The van der Waals surface area contributed by atoms with E-state index in [1.54, 1.807) is 0 Å². The summed E-state index contributed by atoms with van der Waals surface area (Å²) in [5.74, 6) is 2.38. The molecule has 0 amide bonds. The highest BCUT2D eigenvalue weighted by molar-refractivity contribution is 6.25. The molecule has 0 spiro atoms. The molecule has 0 saturated carbocycles. The summed E-state index contributed by atoms with van der Waals surface area (Å²) in [5.41, 5.74) is 6.64. The molecule has 0 fully saturated rings. The summed E-state index contributed by atoms with van der Waals surface area (Å²) in [6, 6.07) is 58.3. The van der Waals surface area contributed by atoms with Crippen molar-refractivity contribution >= 4 is 76.1 Å². The van der Waals surface area contributed by atoms with Crippen molar-refractivity contribution in [2.75, 3.05) is 0 Å². The van der Waals surface area contributed by atoms with Crippen LogP contribution in [-0.2, 0) is 0 Å². The molecule has 0 atom stereocenters. The highest BCUT2D eigenvalue weighted by atomic mass is 16.4. The van der Waals surface area contributed by atoms with E-state index in [1.807, 2.05) is 48.5 Å². The summed E-state index contributed by atoms with van der Waals surface area (Å²) in [4.78, 5) is 20.5. The van der Waals surface area contributed by atoms with Gasteiger partial charge in [-0.2, -0.15) is 0 Å². The fourth-order valence-electron chi connectivity index (χ4n) is 8.22. The van der Waals surface area contributed by atoms with Crippen molar-refractivity contribution in [1.82, 2.24) is 19.9 Å². The number of fused-ring (bicyclic) bond motifs is 11. The van der Waals surface area contributed by atoms with Crippen LogP contribution >= 0.6 is 0 Å². The number of aromatic nitrogens is 4. The van der Waals surface area contributed by atoms with Gasteiger partial charge in [-0.15, -0.1) is 0 Å². The Kier molecular flexibility index (Phi) is 6.53. The van der Waals surface area contributed by atoms with Gasteiger partial charge in [-0.3, -0.25) is 0 Å². The van der Waals surface area contributed by atoms with Crippen molar-refractivity contribution in [3.8, 4) is 45.6 Å². The quantitative estimate of drug-likeness (QED) is 0.169. The van der Waals surface area contributed by atoms with Gasteiger partial charge in [0, 0.05) is 27.6 Å². The first-order chi connectivity index (χ1) is 27.7. The van der Waals surface area contributed by atoms with Gasteiger partial charge in [-0.25, -0.2) is 19.9 Å². The van der Waals surface area contributed by atoms with E-state index in [1.165, 1.54) is 5.39 Å². The Bertz CT molecular complexity index is 3550. The van der Waals surface area contributed by atoms with Gasteiger partial charge in [-0.05, 0) is 91.6 Å². The molecule has 56 heavy (non-hydrogen) atoms. The lowest BCUT2D eigenvalue weighted by atomic mass is 9.96. The average Bonchev–Trinajstić information content (AvgIpc) is 3.88. The van der Waals surface area contributed by atoms with Gasteiger partial charge in [0.2, 0.25) is 5.89 Å². The highest BCUT2D eigenvalue weighted by Crippen LogP contribution is 2.41. The maximum absolute atomic E-state index is 6.52. The molecule has 0 N–H and O–H groups in total. The normalized spacial score (nSPS) is 11.9. The van der Waals surface area contributed by atoms with Crippen LogP contribution in [0.15, 0.2) is 179 Å². The molecule has 3 heterocycles. The third-order valence-electron chi connectivity index (χ3n) is 10.9. The van der Waals surface area contributed by atoms with Gasteiger partial charge in [-0.1, -0.05) is 121 Å². The maximum Gasteiger partial charge on any atom is 0.227 e. The van der Waals surface area contributed by atoms with E-state index in [-0.39, 0.29) is 0 Å². The average molecular weight is 717 g/mol. The number of oxazole rings is 1. The minimum Gasteiger partial charge on any atom is -0.456 e. The molecule has 0 saturated heterocycles. The van der Waals surface area contributed by atoms with Crippen LogP contribution in [0.25, 0.3) is 122 Å². The van der Waals surface area contributed by atoms with Crippen LogP contribution in [0.4, 0.5) is 0 Å². The maximum atomic E-state index is 6.52. The summed E-state index contributed by atoms with van der Waals surface area (Å²) in [6.07, 6.45) is 0. The number of hydrogen-bond acceptors (Lipinski definition) is 6. The van der Waals surface area contributed by atoms with Gasteiger partial charge >= 0.3 is 0 Å². The first kappa shape index (κ1) is 30.7. The number of hydrogen-bond donors (Lipinski definition) is 0. The Balaban J connectivity index is 1.11. The Labute approximate surface area is 319 Å². The zero-order valence-corrected chi connectivity index (χ0v) is 29.8. The van der Waals surface area contributed by atoms with Crippen molar-refractivity contribution in [2.24, 2.45) is 0 Å². The zero-order chi connectivity index (χ0) is 36.7. The second-order valence-electron chi connectivity index (χ2n) is 14.2. The molecule has 12 aromatic rings. The second-order valence-corrected chi connectivity index (χ2v) is 14.2. The van der Waals surface area contributed by atoms with E-state index in [0.717, 1.165) is 87.4 Å². The van der Waals surface area contributed by atoms with Gasteiger partial charge in [0.15, 0.2) is 23.1 Å². The summed E-state index contributed by atoms with van der Waals surface area (Å²) < 4.78 is 13.0. The third kappa shape index (κ3) is 4.76. The Hall–Kier alpha value is -7.70. The van der Waals surface area contributed by atoms with E-state index in [4.69, 9.17) is 28.8 Å². The van der Waals surface area contributed by atoms with Crippen LogP contribution in [0.3, 0.4) is 0 Å². The van der Waals surface area contributed by atoms with Crippen LogP contribution in [0, 0.1) is 0 Å². The van der Waals surface area contributed by atoms with E-state index in [9.17, 15) is 0 Å². The first-order valence-electron chi connectivity index (χ1n) is 18.6. The molecular formula is C50H28N4O2. The van der Waals surface area contributed by atoms with Gasteiger partial charge in [0.05, 0.1) is 5.39 Å². The molecule has 0 bridgehead atoms. The van der Waals surface area contributed by atoms with Crippen LogP contribution in [0.1, 0.15) is 0 Å². The Morgan fingerprint density at radius 1 is 0.339 bits per heavy atom. The van der Waals surface area contributed by atoms with E-state index >= 15 is 0 Å². The molecular weight excluding hydrogens is 689 g/mol. The van der Waals surface area contributed by atoms with Crippen molar-refractivity contribution in [2.45, 2.75) is 0 Å². The minimum absolute atomic E-state index is 0.573. The Morgan fingerprint density at radius 2 is 0.964 bits per heavy atom. The lowest BCUT2D eigenvalue weighted by molar-refractivity contribution is 0.622. The molecule has 0 aliphatic carbocycles. The molecule has 0 aliphatic heterocycles. The third-order valence-corrected chi connectivity index (χ3v) is 10.9. The van der Waals surface area contributed by atoms with Crippen molar-refractivity contribution < 1.29 is 8.83 Å². The minimum atomic E-state index is 0.573. The summed E-state index contributed by atoms with van der Waals surface area (Å²) >= 11 is 0. The summed E-state index contributed by atoms with van der Waals surface area (Å²) in [7, 11) is 0. The molecule has 6 nitrogen and oxygen atoms in total. The first-order valence-corrected chi connectivity index (χ1v) is 18.6. The monoisotopic (exact) mass is 716 g/mol. The van der Waals surface area contributed by atoms with Crippen LogP contribution in [0.5, 0.6) is 0 Å². The fourth-order valence-corrected chi connectivity index (χ4v) is 8.22. The highest BCUT2D eigenvalue weighted by Gasteiger charge is 2.21. The van der Waals surface area contributed by atoms with Crippen LogP contribution in [0.2, 0.25) is 0 Å². The molecule has 6 heteroatoms. The van der Waals surface area contributed by atoms with Gasteiger partial charge in [0.1, 0.15) is 16.7 Å². The van der Waals surface area contributed by atoms with Gasteiger partial charge < -0.3 is 8.83 Å². The topological polar surface area (TPSA) is 77.8 Å². The smallest absolute Gasteiger partial charge is 0.227 e. The summed E-state index contributed by atoms with van der Waals surface area (Å²) in [5, 5.41) is 10.8. The number of rotatable bonds is 4. The molecule has 0 radical (unpaired) electrons. The number of furan rings is 1. The zero-order valence-electron chi connectivity index (χ0n) is 29.8. The second kappa shape index (κ2) is 11.9. The Morgan fingerprint density at radius 3 is 1.80 bits per heavy atom. The molecule has 12 rings (SSSR count). The lowest BCUT2D eigenvalue weighted by Gasteiger charge is -2.13. The fraction of sp³-hybridized carbons (Fsp3) is 0. The van der Waals surface area contributed by atoms with Crippen LogP contribution < -0.4 is 0 Å². The molecule has 260 valence electrons. The SMILES string of the molecule is c1ccc(-c2nc3ccc4oc5ccc6ccc(-c7nc(-c8ccc9ccccc9c8)nc(-c8cc9ccccc9c9ccccc89)n7)cc6c5c4c3o2)cc1. The van der Waals surface area contributed by atoms with Crippen molar-refractivity contribution in [1.29, 1.82) is 0 Å². The predicted molar refractivity (Wildman–Crippen MR) is 226 cm³/mol. The van der Waals surface area contributed by atoms with E-state index in [0.29, 0.717) is 28.9 Å². The van der Waals surface area contributed by atoms with E-state index < -0.39 is 0 Å². The molecule has 0 unspecified atom stereocenters. The van der Waals surface area contributed by atoms with Crippen molar-refractivity contribution in [3.63, 3.8) is 0 Å². The predicted octanol–water partition coefficient (Wildman–Crippen LogP) is 13.2. The number of benzene rings is 9. The van der Waals surface area contributed by atoms with Crippen molar-refractivity contribution in [3.05, 3.63) is 170 Å². The lowest BCUT2D eigenvalue weighted by Crippen LogP contribution is -2.01. The molecule has 9 aromatic carbocycles. The molecule has 3 aromatic heterocycles. The van der Waals surface area contributed by atoms with Crippen LogP contribution in [-0.4, -0.2) is 19.9 Å². The van der Waals surface area contributed by atoms with Gasteiger partial charge in [0.25, 0.3) is 0 Å². The largest absolute Gasteiger partial charge is 0.456 e. The number of nitrogens with zero attached hydrogens (tertiary/aromatic N) is 4. The standard InChI is InChI=1S/C50H28N4O2/c1-2-11-31(12-3-1)50-51-41-23-25-43-45(46(41)56-50)44-39-28-35(21-19-30(39)22-24-42(44)55-43)48-52-47(34-20-18-29-10-4-5-13-32(29)26-34)53-49(54-48)40-27-33-14-6-7-15-36(33)37-16-8-9-17-38(37)40/h1-28H. The molecule has 0 aliphatic rings. The summed E-state index contributed by atoms with van der Waals surface area (Å²) in [6.45, 7) is 0.